The second-order valence-corrected chi connectivity index (χ2v) is 5.27. The van der Waals surface area contributed by atoms with E-state index in [9.17, 15) is 4.79 Å². The average Bonchev–Trinajstić information content (AvgIpc) is 2.99. The predicted octanol–water partition coefficient (Wildman–Crippen LogP) is 1.20. The molecule has 0 radical (unpaired) electrons. The summed E-state index contributed by atoms with van der Waals surface area (Å²) >= 11 is 0. The summed E-state index contributed by atoms with van der Waals surface area (Å²) in [6.07, 6.45) is 7.42. The van der Waals surface area contributed by atoms with Gasteiger partial charge in [-0.15, -0.1) is 0 Å². The second kappa shape index (κ2) is 6.36. The minimum Gasteiger partial charge on any atom is -0.376 e. The number of ether oxygens (including phenoxy) is 1. The first kappa shape index (κ1) is 12.8. The van der Waals surface area contributed by atoms with Gasteiger partial charge in [-0.05, 0) is 32.6 Å². The Hall–Kier alpha value is -0.610. The third kappa shape index (κ3) is 3.96. The fourth-order valence-electron chi connectivity index (χ4n) is 2.76. The Morgan fingerprint density at radius 1 is 1.29 bits per heavy atom. The van der Waals surface area contributed by atoms with Crippen molar-refractivity contribution >= 4 is 5.91 Å². The molecule has 2 aliphatic rings. The van der Waals surface area contributed by atoms with Crippen LogP contribution < -0.4 is 10.6 Å². The highest BCUT2D eigenvalue weighted by molar-refractivity contribution is 5.78. The lowest BCUT2D eigenvalue weighted by molar-refractivity contribution is -0.121. The zero-order valence-electron chi connectivity index (χ0n) is 10.7. The van der Waals surface area contributed by atoms with Crippen LogP contribution in [0.4, 0.5) is 0 Å². The molecule has 2 atom stereocenters. The van der Waals surface area contributed by atoms with Gasteiger partial charge >= 0.3 is 0 Å². The molecule has 0 aromatic heterocycles. The smallest absolute Gasteiger partial charge is 0.234 e. The standard InChI is InChI=1S/C13H24N2O2/c1-10(12-7-4-8-17-12)15-13(16)9-14-11-5-2-3-6-11/h10-12,14H,2-9H2,1H3,(H,15,16). The van der Waals surface area contributed by atoms with Gasteiger partial charge in [0, 0.05) is 12.6 Å². The molecule has 2 N–H and O–H groups in total. The number of amides is 1. The Morgan fingerprint density at radius 2 is 2.06 bits per heavy atom. The molecule has 4 nitrogen and oxygen atoms in total. The lowest BCUT2D eigenvalue weighted by Gasteiger charge is -2.20. The number of hydrogen-bond acceptors (Lipinski definition) is 3. The average molecular weight is 240 g/mol. The fraction of sp³-hybridized carbons (Fsp3) is 0.923. The monoisotopic (exact) mass is 240 g/mol. The molecule has 1 saturated carbocycles. The molecule has 4 heteroatoms. The molecule has 2 fully saturated rings. The van der Waals surface area contributed by atoms with Crippen molar-refractivity contribution in [3.63, 3.8) is 0 Å². The van der Waals surface area contributed by atoms with E-state index in [4.69, 9.17) is 4.74 Å². The van der Waals surface area contributed by atoms with E-state index in [2.05, 4.69) is 10.6 Å². The van der Waals surface area contributed by atoms with Crippen LogP contribution in [-0.4, -0.2) is 37.2 Å². The summed E-state index contributed by atoms with van der Waals surface area (Å²) in [5.74, 6) is 0.0971. The van der Waals surface area contributed by atoms with E-state index in [1.54, 1.807) is 0 Å². The molecule has 1 amide bonds. The number of rotatable bonds is 5. The first-order valence-corrected chi connectivity index (χ1v) is 6.90. The van der Waals surface area contributed by atoms with Crippen LogP contribution in [0.1, 0.15) is 45.4 Å². The molecule has 98 valence electrons. The summed E-state index contributed by atoms with van der Waals surface area (Å²) in [6, 6.07) is 0.689. The van der Waals surface area contributed by atoms with Gasteiger partial charge in [0.2, 0.25) is 5.91 Å². The Labute approximate surface area is 103 Å². The van der Waals surface area contributed by atoms with Crippen LogP contribution in [0.25, 0.3) is 0 Å². The summed E-state index contributed by atoms with van der Waals surface area (Å²) in [5, 5.41) is 6.34. The lowest BCUT2D eigenvalue weighted by Crippen LogP contribution is -2.45. The highest BCUT2D eigenvalue weighted by Gasteiger charge is 2.23. The topological polar surface area (TPSA) is 50.4 Å². The summed E-state index contributed by atoms with van der Waals surface area (Å²) in [5.41, 5.74) is 0. The van der Waals surface area contributed by atoms with Gasteiger partial charge in [0.05, 0.1) is 18.7 Å². The maximum atomic E-state index is 11.7. The zero-order valence-corrected chi connectivity index (χ0v) is 10.7. The molecule has 2 unspecified atom stereocenters. The highest BCUT2D eigenvalue weighted by atomic mass is 16.5. The molecule has 1 aliphatic heterocycles. The molecule has 0 bridgehead atoms. The molecule has 2 rings (SSSR count). The van der Waals surface area contributed by atoms with Gasteiger partial charge in [-0.25, -0.2) is 0 Å². The fourth-order valence-corrected chi connectivity index (χ4v) is 2.76. The molecule has 17 heavy (non-hydrogen) atoms. The van der Waals surface area contributed by atoms with Crippen molar-refractivity contribution < 1.29 is 9.53 Å². The zero-order chi connectivity index (χ0) is 12.1. The Morgan fingerprint density at radius 3 is 2.71 bits per heavy atom. The minimum absolute atomic E-state index is 0.0971. The molecule has 0 aromatic rings. The summed E-state index contributed by atoms with van der Waals surface area (Å²) in [6.45, 7) is 3.32. The largest absolute Gasteiger partial charge is 0.376 e. The van der Waals surface area contributed by atoms with Crippen LogP contribution in [0, 0.1) is 0 Å². The molecule has 1 aliphatic carbocycles. The Bertz CT molecular complexity index is 246. The maximum Gasteiger partial charge on any atom is 0.234 e. The third-order valence-electron chi connectivity index (χ3n) is 3.82. The van der Waals surface area contributed by atoms with Crippen molar-refractivity contribution in [2.24, 2.45) is 0 Å². The summed E-state index contributed by atoms with van der Waals surface area (Å²) < 4.78 is 5.56. The van der Waals surface area contributed by atoms with Gasteiger partial charge in [-0.3, -0.25) is 4.79 Å². The first-order valence-electron chi connectivity index (χ1n) is 6.90. The Balaban J connectivity index is 1.62. The third-order valence-corrected chi connectivity index (χ3v) is 3.82. The van der Waals surface area contributed by atoms with Gasteiger partial charge in [0.15, 0.2) is 0 Å². The van der Waals surface area contributed by atoms with Crippen LogP contribution in [0.15, 0.2) is 0 Å². The molecular formula is C13H24N2O2. The van der Waals surface area contributed by atoms with Crippen molar-refractivity contribution in [3.05, 3.63) is 0 Å². The minimum atomic E-state index is 0.0971. The number of nitrogens with one attached hydrogen (secondary N) is 2. The maximum absolute atomic E-state index is 11.7. The van der Waals surface area contributed by atoms with Crippen LogP contribution in [0.5, 0.6) is 0 Å². The predicted molar refractivity (Wildman–Crippen MR) is 66.8 cm³/mol. The van der Waals surface area contributed by atoms with E-state index in [1.165, 1.54) is 25.7 Å². The normalized spacial score (nSPS) is 27.2. The molecular weight excluding hydrogens is 216 g/mol. The Kier molecular flexibility index (Phi) is 4.80. The van der Waals surface area contributed by atoms with Gasteiger partial charge < -0.3 is 15.4 Å². The second-order valence-electron chi connectivity index (χ2n) is 5.27. The van der Waals surface area contributed by atoms with E-state index < -0.39 is 0 Å². The van der Waals surface area contributed by atoms with Gasteiger partial charge in [-0.2, -0.15) is 0 Å². The number of carbonyl (C=O) groups excluding carboxylic acids is 1. The van der Waals surface area contributed by atoms with E-state index in [1.807, 2.05) is 6.92 Å². The summed E-state index contributed by atoms with van der Waals surface area (Å²) in [7, 11) is 0. The van der Waals surface area contributed by atoms with Crippen LogP contribution >= 0.6 is 0 Å². The molecule has 0 spiro atoms. The van der Waals surface area contributed by atoms with Crippen molar-refractivity contribution in [3.8, 4) is 0 Å². The first-order chi connectivity index (χ1) is 8.25. The van der Waals surface area contributed by atoms with E-state index in [-0.39, 0.29) is 18.1 Å². The lowest BCUT2D eigenvalue weighted by atomic mass is 10.1. The van der Waals surface area contributed by atoms with Gasteiger partial charge in [0.1, 0.15) is 0 Å². The van der Waals surface area contributed by atoms with E-state index >= 15 is 0 Å². The van der Waals surface area contributed by atoms with E-state index in [0.29, 0.717) is 12.6 Å². The van der Waals surface area contributed by atoms with Crippen molar-refractivity contribution in [2.75, 3.05) is 13.2 Å². The number of carbonyl (C=O) groups is 1. The van der Waals surface area contributed by atoms with Crippen LogP contribution in [-0.2, 0) is 9.53 Å². The molecule has 1 saturated heterocycles. The molecule has 0 aromatic carbocycles. The van der Waals surface area contributed by atoms with Crippen molar-refractivity contribution in [1.82, 2.24) is 10.6 Å². The van der Waals surface area contributed by atoms with E-state index in [0.717, 1.165) is 19.4 Å². The highest BCUT2D eigenvalue weighted by Crippen LogP contribution is 2.17. The van der Waals surface area contributed by atoms with Crippen LogP contribution in [0.2, 0.25) is 0 Å². The van der Waals surface area contributed by atoms with Gasteiger partial charge in [0.25, 0.3) is 0 Å². The van der Waals surface area contributed by atoms with Gasteiger partial charge in [-0.1, -0.05) is 12.8 Å². The van der Waals surface area contributed by atoms with Crippen LogP contribution in [0.3, 0.4) is 0 Å². The number of hydrogen-bond donors (Lipinski definition) is 2. The molecule has 1 heterocycles. The SMILES string of the molecule is CC(NC(=O)CNC1CCCC1)C1CCCO1. The van der Waals surface area contributed by atoms with Crippen molar-refractivity contribution in [1.29, 1.82) is 0 Å². The van der Waals surface area contributed by atoms with Crippen molar-refractivity contribution in [2.45, 2.75) is 63.6 Å². The quantitative estimate of drug-likeness (QED) is 0.759. The summed E-state index contributed by atoms with van der Waals surface area (Å²) in [4.78, 5) is 11.7.